The second-order valence-corrected chi connectivity index (χ2v) is 12.1. The zero-order chi connectivity index (χ0) is 26.6. The van der Waals surface area contributed by atoms with Crippen LogP contribution >= 0.6 is 11.3 Å². The molecule has 1 aromatic heterocycles. The molecule has 3 aromatic carbocycles. The first-order chi connectivity index (χ1) is 19.1. The monoisotopic (exact) mass is 540 g/mol. The standard InChI is InChI=1S/C32H36N4O2S/c37-30(25-7-2-1-3-8-25)35-32-34-28-13-12-27(19-29(28)39-32)31(38)36-16-14-22(15-17-36)20-33-21-23-10-11-24-6-4-5-9-26(24)18-23/h4-6,9-13,18-19,22,25,33H,1-3,7-8,14-17,20-21H2,(H,34,35,37). The number of piperidine rings is 1. The smallest absolute Gasteiger partial charge is 0.253 e. The number of nitrogens with zero attached hydrogens (tertiary/aromatic N) is 2. The first kappa shape index (κ1) is 26.0. The van der Waals surface area contributed by atoms with E-state index in [0.29, 0.717) is 16.6 Å². The van der Waals surface area contributed by atoms with Crippen molar-refractivity contribution in [1.29, 1.82) is 0 Å². The van der Waals surface area contributed by atoms with E-state index in [1.807, 2.05) is 23.1 Å². The van der Waals surface area contributed by atoms with Crippen molar-refractivity contribution >= 4 is 49.3 Å². The predicted octanol–water partition coefficient (Wildman–Crippen LogP) is 6.61. The summed E-state index contributed by atoms with van der Waals surface area (Å²) >= 11 is 1.45. The minimum absolute atomic E-state index is 0.0830. The van der Waals surface area contributed by atoms with Gasteiger partial charge in [-0.1, -0.05) is 67.0 Å². The Morgan fingerprint density at radius 2 is 1.69 bits per heavy atom. The molecule has 0 atom stereocenters. The molecule has 1 aliphatic heterocycles. The van der Waals surface area contributed by atoms with Crippen LogP contribution in [0.3, 0.4) is 0 Å². The third-order valence-electron chi connectivity index (χ3n) is 8.32. The lowest BCUT2D eigenvalue weighted by Gasteiger charge is -2.32. The fourth-order valence-corrected chi connectivity index (χ4v) is 6.88. The van der Waals surface area contributed by atoms with Gasteiger partial charge in [0.1, 0.15) is 0 Å². The van der Waals surface area contributed by atoms with Crippen LogP contribution in [0.25, 0.3) is 21.0 Å². The zero-order valence-electron chi connectivity index (χ0n) is 22.3. The Bertz CT molecular complexity index is 1470. The maximum atomic E-state index is 13.3. The number of carbonyl (C=O) groups is 2. The molecule has 2 fully saturated rings. The van der Waals surface area contributed by atoms with Crippen molar-refractivity contribution in [3.8, 4) is 0 Å². The van der Waals surface area contributed by atoms with Crippen LogP contribution < -0.4 is 10.6 Å². The van der Waals surface area contributed by atoms with Crippen LogP contribution in [0.5, 0.6) is 0 Å². The topological polar surface area (TPSA) is 74.3 Å². The van der Waals surface area contributed by atoms with Crippen LogP contribution in [-0.2, 0) is 11.3 Å². The van der Waals surface area contributed by atoms with E-state index in [4.69, 9.17) is 0 Å². The summed E-state index contributed by atoms with van der Waals surface area (Å²) in [6, 6.07) is 20.8. The number of rotatable bonds is 7. The van der Waals surface area contributed by atoms with Gasteiger partial charge in [-0.15, -0.1) is 0 Å². The van der Waals surface area contributed by atoms with Crippen molar-refractivity contribution in [1.82, 2.24) is 15.2 Å². The number of hydrogen-bond donors (Lipinski definition) is 2. The minimum Gasteiger partial charge on any atom is -0.339 e. The van der Waals surface area contributed by atoms with Crippen LogP contribution in [0.1, 0.15) is 60.9 Å². The number of carbonyl (C=O) groups excluding carboxylic acids is 2. The van der Waals surface area contributed by atoms with Crippen molar-refractivity contribution in [3.05, 3.63) is 71.8 Å². The van der Waals surface area contributed by atoms with E-state index in [1.54, 1.807) is 0 Å². The molecule has 0 radical (unpaired) electrons. The van der Waals surface area contributed by atoms with Crippen molar-refractivity contribution in [2.45, 2.75) is 51.5 Å². The van der Waals surface area contributed by atoms with Gasteiger partial charge in [0.15, 0.2) is 5.13 Å². The van der Waals surface area contributed by atoms with E-state index in [1.165, 1.54) is 34.1 Å². The Morgan fingerprint density at radius 1 is 0.897 bits per heavy atom. The van der Waals surface area contributed by atoms with Crippen LogP contribution in [0.4, 0.5) is 5.13 Å². The highest BCUT2D eigenvalue weighted by Crippen LogP contribution is 2.30. The van der Waals surface area contributed by atoms with Gasteiger partial charge in [-0.05, 0) is 78.7 Å². The van der Waals surface area contributed by atoms with Crippen molar-refractivity contribution < 1.29 is 9.59 Å². The Kier molecular flexibility index (Phi) is 7.88. The lowest BCUT2D eigenvalue weighted by molar-refractivity contribution is -0.120. The van der Waals surface area contributed by atoms with Crippen molar-refractivity contribution in [3.63, 3.8) is 0 Å². The highest BCUT2D eigenvalue weighted by molar-refractivity contribution is 7.22. The van der Waals surface area contributed by atoms with Gasteiger partial charge in [0.25, 0.3) is 5.91 Å². The molecule has 2 heterocycles. The molecule has 0 spiro atoms. The molecule has 7 heteroatoms. The number of amides is 2. The molecule has 6 nitrogen and oxygen atoms in total. The molecule has 2 amide bonds. The molecule has 0 unspecified atom stereocenters. The number of anilines is 1. The van der Waals surface area contributed by atoms with Gasteiger partial charge < -0.3 is 15.5 Å². The quantitative estimate of drug-likeness (QED) is 0.277. The zero-order valence-corrected chi connectivity index (χ0v) is 23.1. The molecule has 1 saturated carbocycles. The lowest BCUT2D eigenvalue weighted by atomic mass is 9.89. The summed E-state index contributed by atoms with van der Waals surface area (Å²) < 4.78 is 0.938. The minimum atomic E-state index is 0.0830. The third-order valence-corrected chi connectivity index (χ3v) is 9.25. The third kappa shape index (κ3) is 6.15. The summed E-state index contributed by atoms with van der Waals surface area (Å²) in [6.07, 6.45) is 7.43. The second kappa shape index (κ2) is 11.8. The van der Waals surface area contributed by atoms with Gasteiger partial charge in [-0.3, -0.25) is 9.59 Å². The summed E-state index contributed by atoms with van der Waals surface area (Å²) in [5, 5.41) is 9.83. The van der Waals surface area contributed by atoms with Crippen molar-refractivity contribution in [2.75, 3.05) is 25.0 Å². The van der Waals surface area contributed by atoms with Gasteiger partial charge >= 0.3 is 0 Å². The van der Waals surface area contributed by atoms with Gasteiger partial charge in [0, 0.05) is 31.1 Å². The number of nitrogens with one attached hydrogen (secondary N) is 2. The van der Waals surface area contributed by atoms with E-state index in [9.17, 15) is 9.59 Å². The number of benzene rings is 3. The summed E-state index contributed by atoms with van der Waals surface area (Å²) in [5.74, 6) is 0.842. The van der Waals surface area contributed by atoms with E-state index in [0.717, 1.165) is 74.9 Å². The SMILES string of the molecule is O=C(Nc1nc2ccc(C(=O)N3CCC(CNCc4ccc5ccccc5c4)CC3)cc2s1)C1CCCCC1. The van der Waals surface area contributed by atoms with Gasteiger partial charge in [0.05, 0.1) is 10.2 Å². The molecular weight excluding hydrogens is 504 g/mol. The lowest BCUT2D eigenvalue weighted by Crippen LogP contribution is -2.40. The predicted molar refractivity (Wildman–Crippen MR) is 159 cm³/mol. The number of hydrogen-bond acceptors (Lipinski definition) is 5. The van der Waals surface area contributed by atoms with Gasteiger partial charge in [-0.2, -0.15) is 0 Å². The molecule has 2 aliphatic rings. The first-order valence-electron chi connectivity index (χ1n) is 14.3. The van der Waals surface area contributed by atoms with E-state index in [-0.39, 0.29) is 17.7 Å². The van der Waals surface area contributed by atoms with Crippen molar-refractivity contribution in [2.24, 2.45) is 11.8 Å². The maximum Gasteiger partial charge on any atom is 0.253 e. The molecule has 1 saturated heterocycles. The fourth-order valence-electron chi connectivity index (χ4n) is 5.98. The van der Waals surface area contributed by atoms with Crippen LogP contribution in [0.15, 0.2) is 60.7 Å². The Balaban J connectivity index is 0.993. The molecular formula is C32H36N4O2S. The fraction of sp³-hybridized carbons (Fsp3) is 0.406. The summed E-state index contributed by atoms with van der Waals surface area (Å²) in [7, 11) is 0. The summed E-state index contributed by atoms with van der Waals surface area (Å²) in [4.78, 5) is 32.5. The van der Waals surface area contributed by atoms with E-state index in [2.05, 4.69) is 58.1 Å². The first-order valence-corrected chi connectivity index (χ1v) is 15.1. The van der Waals surface area contributed by atoms with Gasteiger partial charge in [-0.25, -0.2) is 4.98 Å². The Labute approximate surface area is 233 Å². The molecule has 39 heavy (non-hydrogen) atoms. The second-order valence-electron chi connectivity index (χ2n) is 11.1. The maximum absolute atomic E-state index is 13.3. The molecule has 202 valence electrons. The van der Waals surface area contributed by atoms with Crippen LogP contribution in [0.2, 0.25) is 0 Å². The number of fused-ring (bicyclic) bond motifs is 2. The normalized spacial score (nSPS) is 17.1. The highest BCUT2D eigenvalue weighted by Gasteiger charge is 2.25. The Hall–Kier alpha value is -3.29. The molecule has 1 aliphatic carbocycles. The number of likely N-dealkylation sites (tertiary alicyclic amines) is 1. The summed E-state index contributed by atoms with van der Waals surface area (Å²) in [6.45, 7) is 3.40. The largest absolute Gasteiger partial charge is 0.339 e. The number of thiazole rings is 1. The average molecular weight is 541 g/mol. The summed E-state index contributed by atoms with van der Waals surface area (Å²) in [5.41, 5.74) is 2.83. The van der Waals surface area contributed by atoms with Crippen LogP contribution in [-0.4, -0.2) is 41.3 Å². The van der Waals surface area contributed by atoms with Gasteiger partial charge in [0.2, 0.25) is 5.91 Å². The average Bonchev–Trinajstić information content (AvgIpc) is 3.39. The van der Waals surface area contributed by atoms with E-state index < -0.39 is 0 Å². The number of aromatic nitrogens is 1. The highest BCUT2D eigenvalue weighted by atomic mass is 32.1. The molecule has 4 aromatic rings. The Morgan fingerprint density at radius 3 is 2.51 bits per heavy atom. The van der Waals surface area contributed by atoms with Crippen LogP contribution in [0, 0.1) is 11.8 Å². The van der Waals surface area contributed by atoms with E-state index >= 15 is 0 Å². The molecule has 0 bridgehead atoms. The molecule has 2 N–H and O–H groups in total. The molecule has 6 rings (SSSR count).